The Kier molecular flexibility index (Phi) is 5.16. The van der Waals surface area contributed by atoms with Gasteiger partial charge in [-0.25, -0.2) is 13.6 Å². The first-order valence-electron chi connectivity index (χ1n) is 8.20. The van der Waals surface area contributed by atoms with Crippen molar-refractivity contribution in [2.45, 2.75) is 19.5 Å². The van der Waals surface area contributed by atoms with E-state index < -0.39 is 11.6 Å². The highest BCUT2D eigenvalue weighted by atomic mass is 19.1. The molecule has 1 amide bonds. The van der Waals surface area contributed by atoms with Gasteiger partial charge in [-0.2, -0.15) is 4.68 Å². The number of nitrogens with zero attached hydrogens (tertiary/aromatic N) is 3. The summed E-state index contributed by atoms with van der Waals surface area (Å²) in [6.07, 6.45) is 0. The Bertz CT molecular complexity index is 994. The molecular formula is C19H17F2N3O3. The molecule has 1 unspecified atom stereocenters. The first-order chi connectivity index (χ1) is 12.8. The Morgan fingerprint density at radius 1 is 1.11 bits per heavy atom. The lowest BCUT2D eigenvalue weighted by atomic mass is 10.1. The predicted octanol–water partition coefficient (Wildman–Crippen LogP) is 3.00. The van der Waals surface area contributed by atoms with Crippen LogP contribution < -0.4 is 5.76 Å². The molecular weight excluding hydrogens is 356 g/mol. The van der Waals surface area contributed by atoms with Gasteiger partial charge in [0.2, 0.25) is 11.8 Å². The maximum atomic E-state index is 13.0. The van der Waals surface area contributed by atoms with Gasteiger partial charge in [0.1, 0.15) is 18.2 Å². The van der Waals surface area contributed by atoms with Crippen molar-refractivity contribution in [2.24, 2.45) is 0 Å². The van der Waals surface area contributed by atoms with Gasteiger partial charge in [-0.15, -0.1) is 5.10 Å². The predicted molar refractivity (Wildman–Crippen MR) is 93.7 cm³/mol. The molecule has 8 heteroatoms. The van der Waals surface area contributed by atoms with E-state index in [4.69, 9.17) is 4.42 Å². The number of hydrogen-bond acceptors (Lipinski definition) is 4. The summed E-state index contributed by atoms with van der Waals surface area (Å²) < 4.78 is 32.0. The van der Waals surface area contributed by atoms with Crippen LogP contribution in [0.15, 0.2) is 57.7 Å². The Hall–Kier alpha value is -3.29. The van der Waals surface area contributed by atoms with Crippen molar-refractivity contribution in [2.75, 3.05) is 7.05 Å². The number of likely N-dealkylation sites (N-methyl/N-ethyl adjacent to an activating group) is 1. The van der Waals surface area contributed by atoms with Crippen molar-refractivity contribution in [3.8, 4) is 11.5 Å². The van der Waals surface area contributed by atoms with Crippen molar-refractivity contribution in [1.82, 2.24) is 14.7 Å². The van der Waals surface area contributed by atoms with Crippen LogP contribution >= 0.6 is 0 Å². The Morgan fingerprint density at radius 2 is 1.67 bits per heavy atom. The van der Waals surface area contributed by atoms with Crippen LogP contribution in [0, 0.1) is 11.6 Å². The molecule has 140 valence electrons. The lowest BCUT2D eigenvalue weighted by Gasteiger charge is -2.25. The van der Waals surface area contributed by atoms with Gasteiger partial charge in [0.15, 0.2) is 0 Å². The molecule has 0 radical (unpaired) electrons. The average molecular weight is 373 g/mol. The number of carbonyl (C=O) groups excluding carboxylic acids is 1. The van der Waals surface area contributed by atoms with Gasteiger partial charge < -0.3 is 9.32 Å². The first kappa shape index (κ1) is 18.5. The van der Waals surface area contributed by atoms with E-state index in [-0.39, 0.29) is 30.2 Å². The van der Waals surface area contributed by atoms with E-state index in [1.165, 1.54) is 41.3 Å². The van der Waals surface area contributed by atoms with Crippen LogP contribution in [-0.4, -0.2) is 27.6 Å². The maximum absolute atomic E-state index is 13.0. The molecule has 0 saturated heterocycles. The zero-order valence-electron chi connectivity index (χ0n) is 14.7. The van der Waals surface area contributed by atoms with Crippen LogP contribution in [0.4, 0.5) is 8.78 Å². The highest BCUT2D eigenvalue weighted by Crippen LogP contribution is 2.20. The molecule has 0 fully saturated rings. The number of rotatable bonds is 5. The SMILES string of the molecule is CC(c1ccc(F)cc1)N(C)C(=O)Cn1nc(-c2ccc(F)cc2)oc1=O. The molecule has 1 heterocycles. The number of amides is 1. The van der Waals surface area contributed by atoms with E-state index in [9.17, 15) is 18.4 Å². The molecule has 3 aromatic rings. The van der Waals surface area contributed by atoms with Gasteiger partial charge in [0.05, 0.1) is 6.04 Å². The lowest BCUT2D eigenvalue weighted by Crippen LogP contribution is -2.35. The third-order valence-corrected chi connectivity index (χ3v) is 4.31. The highest BCUT2D eigenvalue weighted by molar-refractivity contribution is 5.76. The molecule has 0 spiro atoms. The van der Waals surface area contributed by atoms with Crippen LogP contribution in [0.5, 0.6) is 0 Å². The van der Waals surface area contributed by atoms with Crippen LogP contribution in [-0.2, 0) is 11.3 Å². The second-order valence-corrected chi connectivity index (χ2v) is 6.07. The first-order valence-corrected chi connectivity index (χ1v) is 8.20. The van der Waals surface area contributed by atoms with E-state index in [2.05, 4.69) is 5.10 Å². The van der Waals surface area contributed by atoms with Crippen LogP contribution in [0.3, 0.4) is 0 Å². The number of halogens is 2. The van der Waals surface area contributed by atoms with Crippen LogP contribution in [0.2, 0.25) is 0 Å². The molecule has 1 aromatic heterocycles. The summed E-state index contributed by atoms with van der Waals surface area (Å²) in [5, 5.41) is 3.99. The summed E-state index contributed by atoms with van der Waals surface area (Å²) in [5.41, 5.74) is 1.18. The Balaban J connectivity index is 1.74. The summed E-state index contributed by atoms with van der Waals surface area (Å²) in [6, 6.07) is 10.8. The molecule has 27 heavy (non-hydrogen) atoms. The molecule has 0 aliphatic carbocycles. The molecule has 3 rings (SSSR count). The average Bonchev–Trinajstić information content (AvgIpc) is 3.02. The monoisotopic (exact) mass is 373 g/mol. The van der Waals surface area contributed by atoms with Crippen molar-refractivity contribution >= 4 is 5.91 Å². The van der Waals surface area contributed by atoms with Gasteiger partial charge in [-0.1, -0.05) is 12.1 Å². The van der Waals surface area contributed by atoms with Gasteiger partial charge in [-0.3, -0.25) is 4.79 Å². The lowest BCUT2D eigenvalue weighted by molar-refractivity contribution is -0.132. The third-order valence-electron chi connectivity index (χ3n) is 4.31. The summed E-state index contributed by atoms with van der Waals surface area (Å²) >= 11 is 0. The number of aromatic nitrogens is 2. The minimum Gasteiger partial charge on any atom is -0.388 e. The quantitative estimate of drug-likeness (QED) is 0.690. The van der Waals surface area contributed by atoms with Crippen molar-refractivity contribution < 1.29 is 18.0 Å². The van der Waals surface area contributed by atoms with Crippen molar-refractivity contribution in [1.29, 1.82) is 0 Å². The number of hydrogen-bond donors (Lipinski definition) is 0. The third kappa shape index (κ3) is 4.11. The van der Waals surface area contributed by atoms with E-state index in [1.54, 1.807) is 26.1 Å². The normalized spacial score (nSPS) is 12.0. The smallest absolute Gasteiger partial charge is 0.388 e. The zero-order valence-corrected chi connectivity index (χ0v) is 14.7. The van der Waals surface area contributed by atoms with E-state index >= 15 is 0 Å². The van der Waals surface area contributed by atoms with Crippen LogP contribution in [0.25, 0.3) is 11.5 Å². The van der Waals surface area contributed by atoms with E-state index in [1.807, 2.05) is 0 Å². The molecule has 0 aliphatic heterocycles. The minimum atomic E-state index is -0.787. The highest BCUT2D eigenvalue weighted by Gasteiger charge is 2.20. The van der Waals surface area contributed by atoms with Crippen molar-refractivity contribution in [3.63, 3.8) is 0 Å². The molecule has 0 bridgehead atoms. The standard InChI is InChI=1S/C19H17F2N3O3/c1-12(13-3-7-15(20)8-4-13)23(2)17(25)11-24-19(26)27-18(22-24)14-5-9-16(21)10-6-14/h3-10,12H,11H2,1-2H3. The summed E-state index contributed by atoms with van der Waals surface area (Å²) in [7, 11) is 1.59. The second-order valence-electron chi connectivity index (χ2n) is 6.07. The second kappa shape index (κ2) is 7.53. The maximum Gasteiger partial charge on any atom is 0.437 e. The fraction of sp³-hybridized carbons (Fsp3) is 0.211. The Labute approximate surface area is 153 Å². The molecule has 0 N–H and O–H groups in total. The largest absolute Gasteiger partial charge is 0.437 e. The van der Waals surface area contributed by atoms with Gasteiger partial charge in [0, 0.05) is 12.6 Å². The number of benzene rings is 2. The Morgan fingerprint density at radius 3 is 2.26 bits per heavy atom. The summed E-state index contributed by atoms with van der Waals surface area (Å²) in [6.45, 7) is 1.48. The summed E-state index contributed by atoms with van der Waals surface area (Å²) in [5.74, 6) is -1.94. The molecule has 0 saturated carbocycles. The molecule has 2 aromatic carbocycles. The zero-order chi connectivity index (χ0) is 19.6. The number of carbonyl (C=O) groups is 1. The fourth-order valence-corrected chi connectivity index (χ4v) is 2.54. The van der Waals surface area contributed by atoms with Gasteiger partial charge in [-0.05, 0) is 48.9 Å². The van der Waals surface area contributed by atoms with E-state index in [0.29, 0.717) is 5.56 Å². The molecule has 1 atom stereocenters. The van der Waals surface area contributed by atoms with Gasteiger partial charge in [0.25, 0.3) is 0 Å². The minimum absolute atomic E-state index is 0.00189. The molecule has 6 nitrogen and oxygen atoms in total. The topological polar surface area (TPSA) is 68.3 Å². The van der Waals surface area contributed by atoms with Crippen LogP contribution in [0.1, 0.15) is 18.5 Å². The van der Waals surface area contributed by atoms with Gasteiger partial charge >= 0.3 is 5.76 Å². The molecule has 0 aliphatic rings. The summed E-state index contributed by atoms with van der Waals surface area (Å²) in [4.78, 5) is 25.9. The van der Waals surface area contributed by atoms with E-state index in [0.717, 1.165) is 10.2 Å². The van der Waals surface area contributed by atoms with Crippen molar-refractivity contribution in [3.05, 3.63) is 76.3 Å². The fourth-order valence-electron chi connectivity index (χ4n) is 2.54.